The Morgan fingerprint density at radius 3 is 2.34 bits per heavy atom. The number of carboxylic acids is 1. The first-order chi connectivity index (χ1) is 16.5. The standard InChI is InChI=1S/C25H28N2O7S/c1-16-13-19(17-3-5-18(6-4-17)25(30)31)8-10-24(16)34-12-11-26-15-23(29)20-7-9-22(28)21(14-20)27-35(2,32)33/h3-10,13-14,23,26-29H,11-12,15H2,1-2H3,(H,30,31). The fourth-order valence-corrected chi connectivity index (χ4v) is 3.99. The highest BCUT2D eigenvalue weighted by molar-refractivity contribution is 7.92. The molecule has 186 valence electrons. The average Bonchev–Trinajstić information content (AvgIpc) is 2.80. The van der Waals surface area contributed by atoms with Gasteiger partial charge in [-0.05, 0) is 65.6 Å². The van der Waals surface area contributed by atoms with Gasteiger partial charge in [-0.25, -0.2) is 13.2 Å². The Morgan fingerprint density at radius 1 is 1.03 bits per heavy atom. The van der Waals surface area contributed by atoms with Gasteiger partial charge in [0.1, 0.15) is 18.1 Å². The fraction of sp³-hybridized carbons (Fsp3) is 0.240. The second-order valence-electron chi connectivity index (χ2n) is 8.08. The van der Waals surface area contributed by atoms with Crippen LogP contribution in [0.15, 0.2) is 60.7 Å². The highest BCUT2D eigenvalue weighted by atomic mass is 32.2. The molecule has 0 saturated carbocycles. The molecule has 5 N–H and O–H groups in total. The number of hydrogen-bond donors (Lipinski definition) is 5. The third kappa shape index (κ3) is 7.44. The number of aliphatic hydroxyl groups is 1. The first-order valence-electron chi connectivity index (χ1n) is 10.8. The Bertz CT molecular complexity index is 1290. The first-order valence-corrected chi connectivity index (χ1v) is 12.7. The summed E-state index contributed by atoms with van der Waals surface area (Å²) in [6, 6.07) is 16.6. The van der Waals surface area contributed by atoms with Crippen molar-refractivity contribution in [1.29, 1.82) is 0 Å². The summed E-state index contributed by atoms with van der Waals surface area (Å²) in [6.07, 6.45) is 0.0643. The molecule has 0 aromatic heterocycles. The van der Waals surface area contributed by atoms with Crippen LogP contribution in [0, 0.1) is 6.92 Å². The van der Waals surface area contributed by atoms with Gasteiger partial charge >= 0.3 is 5.97 Å². The summed E-state index contributed by atoms with van der Waals surface area (Å²) in [7, 11) is -3.57. The van der Waals surface area contributed by atoms with E-state index in [9.17, 15) is 23.4 Å². The van der Waals surface area contributed by atoms with Crippen molar-refractivity contribution in [3.8, 4) is 22.6 Å². The number of nitrogens with one attached hydrogen (secondary N) is 2. The highest BCUT2D eigenvalue weighted by Gasteiger charge is 2.13. The number of benzene rings is 3. The van der Waals surface area contributed by atoms with Crippen LogP contribution in [0.1, 0.15) is 27.6 Å². The molecule has 35 heavy (non-hydrogen) atoms. The van der Waals surface area contributed by atoms with Gasteiger partial charge in [0.05, 0.1) is 23.6 Å². The largest absolute Gasteiger partial charge is 0.506 e. The van der Waals surface area contributed by atoms with E-state index < -0.39 is 22.1 Å². The fourth-order valence-electron chi connectivity index (χ4n) is 3.43. The van der Waals surface area contributed by atoms with E-state index in [0.717, 1.165) is 22.9 Å². The maximum absolute atomic E-state index is 11.4. The summed E-state index contributed by atoms with van der Waals surface area (Å²) in [5.74, 6) is -0.478. The van der Waals surface area contributed by atoms with Crippen molar-refractivity contribution in [2.24, 2.45) is 0 Å². The van der Waals surface area contributed by atoms with Crippen LogP contribution in [0.25, 0.3) is 11.1 Å². The normalized spacial score (nSPS) is 12.2. The number of hydrogen-bond acceptors (Lipinski definition) is 7. The van der Waals surface area contributed by atoms with Crippen molar-refractivity contribution in [2.75, 3.05) is 30.7 Å². The number of ether oxygens (including phenoxy) is 1. The number of aromatic carboxylic acids is 1. The monoisotopic (exact) mass is 500 g/mol. The predicted molar refractivity (Wildman–Crippen MR) is 133 cm³/mol. The van der Waals surface area contributed by atoms with Crippen molar-refractivity contribution >= 4 is 21.7 Å². The number of aromatic hydroxyl groups is 1. The summed E-state index contributed by atoms with van der Waals surface area (Å²) in [5, 5.41) is 32.3. The number of anilines is 1. The lowest BCUT2D eigenvalue weighted by atomic mass is 10.0. The van der Waals surface area contributed by atoms with E-state index in [4.69, 9.17) is 9.84 Å². The minimum absolute atomic E-state index is 0.00383. The minimum Gasteiger partial charge on any atom is -0.506 e. The molecule has 0 aliphatic heterocycles. The zero-order valence-electron chi connectivity index (χ0n) is 19.4. The van der Waals surface area contributed by atoms with Crippen LogP contribution in [0.3, 0.4) is 0 Å². The van der Waals surface area contributed by atoms with E-state index in [-0.39, 0.29) is 23.5 Å². The lowest BCUT2D eigenvalue weighted by Crippen LogP contribution is -2.26. The Kier molecular flexibility index (Phi) is 8.34. The van der Waals surface area contributed by atoms with Crippen molar-refractivity contribution in [3.63, 3.8) is 0 Å². The molecule has 10 heteroatoms. The summed E-state index contributed by atoms with van der Waals surface area (Å²) < 4.78 is 30.9. The molecule has 3 aromatic rings. The van der Waals surface area contributed by atoms with Crippen molar-refractivity contribution in [1.82, 2.24) is 5.32 Å². The summed E-state index contributed by atoms with van der Waals surface area (Å²) >= 11 is 0. The molecule has 3 rings (SSSR count). The van der Waals surface area contributed by atoms with Gasteiger partial charge in [0.25, 0.3) is 0 Å². The third-order valence-corrected chi connectivity index (χ3v) is 5.81. The van der Waals surface area contributed by atoms with E-state index in [0.29, 0.717) is 24.5 Å². The van der Waals surface area contributed by atoms with Crippen LogP contribution < -0.4 is 14.8 Å². The van der Waals surface area contributed by atoms with Crippen molar-refractivity contribution in [2.45, 2.75) is 13.0 Å². The van der Waals surface area contributed by atoms with Gasteiger partial charge in [0.2, 0.25) is 10.0 Å². The van der Waals surface area contributed by atoms with Crippen LogP contribution in [-0.2, 0) is 10.0 Å². The Hall–Kier alpha value is -3.60. The molecule has 1 unspecified atom stereocenters. The molecule has 3 aromatic carbocycles. The molecule has 0 radical (unpaired) electrons. The van der Waals surface area contributed by atoms with E-state index in [1.165, 1.54) is 18.2 Å². The predicted octanol–water partition coefficient (Wildman–Crippen LogP) is 3.14. The molecule has 0 heterocycles. The number of sulfonamides is 1. The van der Waals surface area contributed by atoms with Crippen LogP contribution in [0.5, 0.6) is 11.5 Å². The molecule has 0 saturated heterocycles. The zero-order chi connectivity index (χ0) is 25.6. The van der Waals surface area contributed by atoms with E-state index in [1.54, 1.807) is 24.3 Å². The SMILES string of the molecule is Cc1cc(-c2ccc(C(=O)O)cc2)ccc1OCCNCC(O)c1ccc(O)c(NS(C)(=O)=O)c1. The number of aryl methyl sites for hydroxylation is 1. The van der Waals surface area contributed by atoms with Gasteiger partial charge < -0.3 is 25.4 Å². The maximum atomic E-state index is 11.4. The van der Waals surface area contributed by atoms with Crippen LogP contribution >= 0.6 is 0 Å². The number of carboxylic acid groups (broad SMARTS) is 1. The number of carbonyl (C=O) groups is 1. The quantitative estimate of drug-likeness (QED) is 0.199. The molecule has 0 spiro atoms. The maximum Gasteiger partial charge on any atom is 0.335 e. The van der Waals surface area contributed by atoms with Crippen LogP contribution in [0.4, 0.5) is 5.69 Å². The topological polar surface area (TPSA) is 145 Å². The lowest BCUT2D eigenvalue weighted by Gasteiger charge is -2.15. The molecule has 1 atom stereocenters. The van der Waals surface area contributed by atoms with Crippen molar-refractivity contribution < 1.29 is 33.3 Å². The zero-order valence-corrected chi connectivity index (χ0v) is 20.2. The third-order valence-electron chi connectivity index (χ3n) is 5.21. The van der Waals surface area contributed by atoms with Gasteiger partial charge in [-0.15, -0.1) is 0 Å². The Labute approximate surface area is 204 Å². The summed E-state index contributed by atoms with van der Waals surface area (Å²) in [6.45, 7) is 2.95. The first kappa shape index (κ1) is 26.0. The van der Waals surface area contributed by atoms with Crippen LogP contribution in [0.2, 0.25) is 0 Å². The van der Waals surface area contributed by atoms with Gasteiger partial charge in [-0.2, -0.15) is 0 Å². The van der Waals surface area contributed by atoms with Crippen LogP contribution in [-0.4, -0.2) is 55.7 Å². The van der Waals surface area contributed by atoms with Gasteiger partial charge in [0, 0.05) is 13.1 Å². The molecule has 0 bridgehead atoms. The number of aliphatic hydroxyl groups excluding tert-OH is 1. The average molecular weight is 501 g/mol. The summed E-state index contributed by atoms with van der Waals surface area (Å²) in [5.41, 5.74) is 3.48. The highest BCUT2D eigenvalue weighted by Crippen LogP contribution is 2.28. The minimum atomic E-state index is -3.57. The molecule has 0 fully saturated rings. The van der Waals surface area contributed by atoms with Gasteiger partial charge in [-0.3, -0.25) is 4.72 Å². The molecular formula is C25H28N2O7S. The summed E-state index contributed by atoms with van der Waals surface area (Å²) in [4.78, 5) is 11.0. The molecule has 9 nitrogen and oxygen atoms in total. The molecule has 0 aliphatic carbocycles. The number of phenolic OH excluding ortho intramolecular Hbond substituents is 1. The smallest absolute Gasteiger partial charge is 0.335 e. The Morgan fingerprint density at radius 2 is 1.71 bits per heavy atom. The molecule has 0 aliphatic rings. The lowest BCUT2D eigenvalue weighted by molar-refractivity contribution is 0.0697. The van der Waals surface area contributed by atoms with E-state index in [1.807, 2.05) is 25.1 Å². The number of rotatable bonds is 11. The Balaban J connectivity index is 1.49. The van der Waals surface area contributed by atoms with Gasteiger partial charge in [-0.1, -0.05) is 24.3 Å². The van der Waals surface area contributed by atoms with Crippen molar-refractivity contribution in [3.05, 3.63) is 77.4 Å². The van der Waals surface area contributed by atoms with Gasteiger partial charge in [0.15, 0.2) is 0 Å². The second kappa shape index (κ2) is 11.2. The molecular weight excluding hydrogens is 472 g/mol. The molecule has 0 amide bonds. The number of phenols is 1. The second-order valence-corrected chi connectivity index (χ2v) is 9.83. The van der Waals surface area contributed by atoms with E-state index >= 15 is 0 Å². The van der Waals surface area contributed by atoms with E-state index in [2.05, 4.69) is 10.0 Å².